The van der Waals surface area contributed by atoms with E-state index in [1.807, 2.05) is 25.1 Å². The van der Waals surface area contributed by atoms with Gasteiger partial charge in [0, 0.05) is 6.04 Å². The van der Waals surface area contributed by atoms with Crippen LogP contribution >= 0.6 is 12.4 Å². The molecule has 15 heavy (non-hydrogen) atoms. The van der Waals surface area contributed by atoms with Gasteiger partial charge in [-0.1, -0.05) is 25.5 Å². The molecule has 1 aromatic rings. The minimum Gasteiger partial charge on any atom is -0.494 e. The van der Waals surface area contributed by atoms with Gasteiger partial charge in [0.2, 0.25) is 0 Å². The van der Waals surface area contributed by atoms with Crippen LogP contribution in [0.1, 0.15) is 38.3 Å². The van der Waals surface area contributed by atoms with E-state index in [4.69, 9.17) is 10.5 Å². The molecule has 0 amide bonds. The first kappa shape index (κ1) is 14.3. The zero-order valence-corrected chi connectivity index (χ0v) is 10.2. The number of rotatable bonds is 5. The van der Waals surface area contributed by atoms with Gasteiger partial charge in [-0.25, -0.2) is 0 Å². The molecule has 2 N–H and O–H groups in total. The summed E-state index contributed by atoms with van der Waals surface area (Å²) in [5.74, 6) is 0.913. The molecular weight excluding hydrogens is 210 g/mol. The summed E-state index contributed by atoms with van der Waals surface area (Å²) < 4.78 is 5.42. The zero-order chi connectivity index (χ0) is 10.4. The van der Waals surface area contributed by atoms with E-state index in [1.54, 1.807) is 0 Å². The van der Waals surface area contributed by atoms with Crippen molar-refractivity contribution in [3.8, 4) is 5.75 Å². The molecule has 0 aromatic heterocycles. The van der Waals surface area contributed by atoms with Crippen LogP contribution in [0, 0.1) is 0 Å². The quantitative estimate of drug-likeness (QED) is 0.841. The third-order valence-electron chi connectivity index (χ3n) is 2.20. The minimum absolute atomic E-state index is 0. The van der Waals surface area contributed by atoms with Crippen molar-refractivity contribution < 1.29 is 4.74 Å². The van der Waals surface area contributed by atoms with Crippen LogP contribution in [-0.4, -0.2) is 6.61 Å². The standard InChI is InChI=1S/C12H19NO.ClH/c1-3-6-12(13)10-7-5-8-11(9-10)14-4-2;/h5,7-9,12H,3-4,6,13H2,1-2H3;1H/t12-;/m0./s1. The summed E-state index contributed by atoms with van der Waals surface area (Å²) in [6, 6.07) is 8.19. The normalized spacial score (nSPS) is 11.7. The van der Waals surface area contributed by atoms with Crippen molar-refractivity contribution in [2.75, 3.05) is 6.61 Å². The Morgan fingerprint density at radius 2 is 2.07 bits per heavy atom. The van der Waals surface area contributed by atoms with E-state index in [1.165, 1.54) is 0 Å². The van der Waals surface area contributed by atoms with Crippen molar-refractivity contribution in [2.24, 2.45) is 5.73 Å². The molecule has 0 aliphatic heterocycles. The molecule has 3 heteroatoms. The van der Waals surface area contributed by atoms with Gasteiger partial charge in [-0.3, -0.25) is 0 Å². The first-order chi connectivity index (χ1) is 6.77. The second-order valence-corrected chi connectivity index (χ2v) is 3.40. The molecular formula is C12H20ClNO. The second kappa shape index (κ2) is 7.55. The summed E-state index contributed by atoms with van der Waals surface area (Å²) in [4.78, 5) is 0. The molecule has 86 valence electrons. The number of hydrogen-bond donors (Lipinski definition) is 1. The fourth-order valence-electron chi connectivity index (χ4n) is 1.48. The summed E-state index contributed by atoms with van der Waals surface area (Å²) in [7, 11) is 0. The van der Waals surface area contributed by atoms with Gasteiger partial charge in [-0.2, -0.15) is 0 Å². The average molecular weight is 230 g/mol. The van der Waals surface area contributed by atoms with E-state index in [0.717, 1.165) is 24.2 Å². The summed E-state index contributed by atoms with van der Waals surface area (Å²) in [5, 5.41) is 0. The summed E-state index contributed by atoms with van der Waals surface area (Å²) in [5.41, 5.74) is 7.18. The lowest BCUT2D eigenvalue weighted by molar-refractivity contribution is 0.339. The van der Waals surface area contributed by atoms with Crippen LogP contribution in [0.3, 0.4) is 0 Å². The van der Waals surface area contributed by atoms with Crippen molar-refractivity contribution in [1.82, 2.24) is 0 Å². The Morgan fingerprint density at radius 3 is 2.67 bits per heavy atom. The van der Waals surface area contributed by atoms with Gasteiger partial charge < -0.3 is 10.5 Å². The topological polar surface area (TPSA) is 35.2 Å². The van der Waals surface area contributed by atoms with E-state index < -0.39 is 0 Å². The van der Waals surface area contributed by atoms with Crippen molar-refractivity contribution in [1.29, 1.82) is 0 Å². The monoisotopic (exact) mass is 229 g/mol. The van der Waals surface area contributed by atoms with Crippen LogP contribution in [-0.2, 0) is 0 Å². The molecule has 0 aliphatic carbocycles. The van der Waals surface area contributed by atoms with Gasteiger partial charge in [0.1, 0.15) is 5.75 Å². The average Bonchev–Trinajstić information content (AvgIpc) is 2.19. The van der Waals surface area contributed by atoms with Crippen LogP contribution < -0.4 is 10.5 Å². The van der Waals surface area contributed by atoms with Gasteiger partial charge in [0.05, 0.1) is 6.61 Å². The number of halogens is 1. The van der Waals surface area contributed by atoms with E-state index in [9.17, 15) is 0 Å². The predicted molar refractivity (Wildman–Crippen MR) is 66.7 cm³/mol. The molecule has 0 unspecified atom stereocenters. The number of ether oxygens (including phenoxy) is 1. The molecule has 0 bridgehead atoms. The van der Waals surface area contributed by atoms with Gasteiger partial charge in [-0.05, 0) is 31.0 Å². The maximum atomic E-state index is 6.02. The van der Waals surface area contributed by atoms with E-state index in [-0.39, 0.29) is 18.4 Å². The largest absolute Gasteiger partial charge is 0.494 e. The number of hydrogen-bond acceptors (Lipinski definition) is 2. The number of nitrogens with two attached hydrogens (primary N) is 1. The highest BCUT2D eigenvalue weighted by molar-refractivity contribution is 5.85. The second-order valence-electron chi connectivity index (χ2n) is 3.40. The molecule has 0 saturated heterocycles. The van der Waals surface area contributed by atoms with E-state index in [0.29, 0.717) is 6.61 Å². The molecule has 0 radical (unpaired) electrons. The summed E-state index contributed by atoms with van der Waals surface area (Å²) in [6.45, 7) is 4.83. The third kappa shape index (κ3) is 4.54. The summed E-state index contributed by atoms with van der Waals surface area (Å²) in [6.07, 6.45) is 2.13. The van der Waals surface area contributed by atoms with Crippen LogP contribution in [0.2, 0.25) is 0 Å². The Kier molecular flexibility index (Phi) is 7.18. The first-order valence-electron chi connectivity index (χ1n) is 5.26. The minimum atomic E-state index is 0. The van der Waals surface area contributed by atoms with E-state index in [2.05, 4.69) is 13.0 Å². The van der Waals surface area contributed by atoms with Gasteiger partial charge in [-0.15, -0.1) is 12.4 Å². The highest BCUT2D eigenvalue weighted by Crippen LogP contribution is 2.20. The Labute approximate surface area is 98.2 Å². The SMILES string of the molecule is CCC[C@H](N)c1cccc(OCC)c1.Cl. The third-order valence-corrected chi connectivity index (χ3v) is 2.20. The summed E-state index contributed by atoms with van der Waals surface area (Å²) >= 11 is 0. The van der Waals surface area contributed by atoms with Gasteiger partial charge in [0.25, 0.3) is 0 Å². The van der Waals surface area contributed by atoms with Crippen LogP contribution in [0.4, 0.5) is 0 Å². The maximum Gasteiger partial charge on any atom is 0.119 e. The predicted octanol–water partition coefficient (Wildman–Crippen LogP) is 3.31. The van der Waals surface area contributed by atoms with Crippen molar-refractivity contribution in [3.05, 3.63) is 29.8 Å². The molecule has 1 rings (SSSR count). The molecule has 1 atom stereocenters. The Morgan fingerprint density at radius 1 is 1.33 bits per heavy atom. The smallest absolute Gasteiger partial charge is 0.119 e. The zero-order valence-electron chi connectivity index (χ0n) is 9.40. The lowest BCUT2D eigenvalue weighted by Crippen LogP contribution is -2.09. The Bertz CT molecular complexity index is 278. The first-order valence-corrected chi connectivity index (χ1v) is 5.26. The van der Waals surface area contributed by atoms with Crippen molar-refractivity contribution >= 4 is 12.4 Å². The van der Waals surface area contributed by atoms with E-state index >= 15 is 0 Å². The van der Waals surface area contributed by atoms with Crippen molar-refractivity contribution in [3.63, 3.8) is 0 Å². The highest BCUT2D eigenvalue weighted by Gasteiger charge is 2.05. The van der Waals surface area contributed by atoms with Crippen molar-refractivity contribution in [2.45, 2.75) is 32.7 Å². The maximum absolute atomic E-state index is 6.02. The van der Waals surface area contributed by atoms with Crippen LogP contribution in [0.15, 0.2) is 24.3 Å². The van der Waals surface area contributed by atoms with Crippen LogP contribution in [0.5, 0.6) is 5.75 Å². The molecule has 0 fully saturated rings. The number of benzene rings is 1. The van der Waals surface area contributed by atoms with Crippen LogP contribution in [0.25, 0.3) is 0 Å². The lowest BCUT2D eigenvalue weighted by atomic mass is 10.0. The Balaban J connectivity index is 0.00000196. The molecule has 0 spiro atoms. The fourth-order valence-corrected chi connectivity index (χ4v) is 1.48. The molecule has 0 saturated carbocycles. The molecule has 0 heterocycles. The highest BCUT2D eigenvalue weighted by atomic mass is 35.5. The lowest BCUT2D eigenvalue weighted by Gasteiger charge is -2.12. The Hall–Kier alpha value is -0.730. The molecule has 1 aromatic carbocycles. The molecule has 2 nitrogen and oxygen atoms in total. The fraction of sp³-hybridized carbons (Fsp3) is 0.500. The van der Waals surface area contributed by atoms with Gasteiger partial charge in [0.15, 0.2) is 0 Å². The van der Waals surface area contributed by atoms with Gasteiger partial charge >= 0.3 is 0 Å². The molecule has 0 aliphatic rings.